The SMILES string of the molecule is COCC(=O)N=Nc1c(O)[nH]c2c(F)cccc12. The van der Waals surface area contributed by atoms with Gasteiger partial charge < -0.3 is 14.8 Å². The second-order valence-electron chi connectivity index (χ2n) is 3.51. The molecule has 0 saturated carbocycles. The zero-order valence-electron chi connectivity index (χ0n) is 9.48. The number of para-hydroxylation sites is 1. The van der Waals surface area contributed by atoms with Crippen LogP contribution in [0, 0.1) is 5.82 Å². The fourth-order valence-electron chi connectivity index (χ4n) is 1.51. The number of benzene rings is 1. The maximum atomic E-state index is 13.4. The highest BCUT2D eigenvalue weighted by molar-refractivity contribution is 5.94. The first-order chi connectivity index (χ1) is 8.63. The normalized spacial score (nSPS) is 11.4. The number of carbonyl (C=O) groups excluding carboxylic acids is 1. The predicted molar refractivity (Wildman–Crippen MR) is 61.3 cm³/mol. The monoisotopic (exact) mass is 251 g/mol. The molecule has 0 bridgehead atoms. The Kier molecular flexibility index (Phi) is 3.33. The van der Waals surface area contributed by atoms with Gasteiger partial charge in [0.1, 0.15) is 12.4 Å². The Balaban J connectivity index is 2.42. The molecule has 0 aliphatic heterocycles. The highest BCUT2D eigenvalue weighted by atomic mass is 19.1. The molecule has 0 radical (unpaired) electrons. The molecule has 1 amide bonds. The molecule has 2 aromatic rings. The summed E-state index contributed by atoms with van der Waals surface area (Å²) in [7, 11) is 1.35. The Labute approximate surface area is 101 Å². The zero-order valence-corrected chi connectivity index (χ0v) is 9.48. The summed E-state index contributed by atoms with van der Waals surface area (Å²) in [5, 5.41) is 16.9. The van der Waals surface area contributed by atoms with E-state index in [2.05, 4.69) is 19.9 Å². The largest absolute Gasteiger partial charge is 0.493 e. The number of aromatic nitrogens is 1. The van der Waals surface area contributed by atoms with Gasteiger partial charge in [-0.1, -0.05) is 12.1 Å². The van der Waals surface area contributed by atoms with Gasteiger partial charge in [-0.25, -0.2) is 4.39 Å². The molecule has 0 aliphatic rings. The van der Waals surface area contributed by atoms with Crippen LogP contribution >= 0.6 is 0 Å². The summed E-state index contributed by atoms with van der Waals surface area (Å²) in [6, 6.07) is 4.28. The number of nitrogens with one attached hydrogen (secondary N) is 1. The average molecular weight is 251 g/mol. The third-order valence-electron chi connectivity index (χ3n) is 2.27. The van der Waals surface area contributed by atoms with E-state index in [1.807, 2.05) is 0 Å². The van der Waals surface area contributed by atoms with Crippen molar-refractivity contribution in [3.05, 3.63) is 24.0 Å². The van der Waals surface area contributed by atoms with E-state index in [1.165, 1.54) is 19.2 Å². The number of azo groups is 1. The van der Waals surface area contributed by atoms with Crippen molar-refractivity contribution >= 4 is 22.5 Å². The smallest absolute Gasteiger partial charge is 0.290 e. The number of halogens is 1. The lowest BCUT2D eigenvalue weighted by atomic mass is 10.2. The summed E-state index contributed by atoms with van der Waals surface area (Å²) in [4.78, 5) is 13.5. The summed E-state index contributed by atoms with van der Waals surface area (Å²) < 4.78 is 18.0. The molecule has 94 valence electrons. The van der Waals surface area contributed by atoms with Crippen LogP contribution in [0.3, 0.4) is 0 Å². The van der Waals surface area contributed by atoms with Crippen molar-refractivity contribution < 1.29 is 19.0 Å². The maximum Gasteiger partial charge on any atom is 0.290 e. The number of carbonyl (C=O) groups is 1. The van der Waals surface area contributed by atoms with E-state index in [-0.39, 0.29) is 23.7 Å². The standard InChI is InChI=1S/C11H10FN3O3/c1-18-5-8(16)14-15-10-6-3-2-4-7(12)9(6)13-11(10)17/h2-4,13,17H,5H2,1H3. The molecular weight excluding hydrogens is 241 g/mol. The lowest BCUT2D eigenvalue weighted by Gasteiger charge is -1.92. The van der Waals surface area contributed by atoms with Gasteiger partial charge in [-0.15, -0.1) is 10.2 Å². The third kappa shape index (κ3) is 2.21. The number of aromatic hydroxyl groups is 1. The lowest BCUT2D eigenvalue weighted by Crippen LogP contribution is -2.01. The van der Waals surface area contributed by atoms with Gasteiger partial charge in [0.15, 0.2) is 5.69 Å². The van der Waals surface area contributed by atoms with Crippen LogP contribution in [0.2, 0.25) is 0 Å². The molecular formula is C11H10FN3O3. The lowest BCUT2D eigenvalue weighted by molar-refractivity contribution is -0.121. The Morgan fingerprint density at radius 3 is 3.06 bits per heavy atom. The van der Waals surface area contributed by atoms with E-state index in [0.717, 1.165) is 0 Å². The quantitative estimate of drug-likeness (QED) is 0.820. The first kappa shape index (κ1) is 12.2. The number of hydrogen-bond donors (Lipinski definition) is 2. The van der Waals surface area contributed by atoms with Gasteiger partial charge in [0.05, 0.1) is 5.52 Å². The molecule has 0 aliphatic carbocycles. The van der Waals surface area contributed by atoms with Gasteiger partial charge in [0, 0.05) is 12.5 Å². The fraction of sp³-hybridized carbons (Fsp3) is 0.182. The summed E-state index contributed by atoms with van der Waals surface area (Å²) >= 11 is 0. The molecule has 0 unspecified atom stereocenters. The highest BCUT2D eigenvalue weighted by Gasteiger charge is 2.13. The number of H-pyrrole nitrogens is 1. The van der Waals surface area contributed by atoms with Crippen molar-refractivity contribution in [2.24, 2.45) is 10.2 Å². The van der Waals surface area contributed by atoms with Crippen LogP contribution in [0.15, 0.2) is 28.4 Å². The molecule has 18 heavy (non-hydrogen) atoms. The Morgan fingerprint density at radius 1 is 1.56 bits per heavy atom. The minimum Gasteiger partial charge on any atom is -0.493 e. The van der Waals surface area contributed by atoms with Gasteiger partial charge in [-0.3, -0.25) is 4.79 Å². The number of methoxy groups -OCH3 is 1. The number of fused-ring (bicyclic) bond motifs is 1. The summed E-state index contributed by atoms with van der Waals surface area (Å²) in [5.74, 6) is -1.46. The van der Waals surface area contributed by atoms with Crippen molar-refractivity contribution in [2.45, 2.75) is 0 Å². The number of aromatic amines is 1. The van der Waals surface area contributed by atoms with E-state index in [1.54, 1.807) is 6.07 Å². The van der Waals surface area contributed by atoms with E-state index >= 15 is 0 Å². The van der Waals surface area contributed by atoms with Crippen molar-refractivity contribution in [1.29, 1.82) is 0 Å². The van der Waals surface area contributed by atoms with E-state index < -0.39 is 11.7 Å². The van der Waals surface area contributed by atoms with E-state index in [4.69, 9.17) is 0 Å². The van der Waals surface area contributed by atoms with Gasteiger partial charge in [-0.05, 0) is 6.07 Å². The molecule has 1 aromatic heterocycles. The third-order valence-corrected chi connectivity index (χ3v) is 2.27. The minimum atomic E-state index is -0.595. The predicted octanol–water partition coefficient (Wildman–Crippen LogP) is 2.27. The molecule has 1 heterocycles. The number of amides is 1. The van der Waals surface area contributed by atoms with Gasteiger partial charge >= 0.3 is 0 Å². The molecule has 0 fully saturated rings. The summed E-state index contributed by atoms with van der Waals surface area (Å²) in [6.45, 7) is -0.207. The summed E-state index contributed by atoms with van der Waals surface area (Å²) in [5.41, 5.74) is 0.136. The first-order valence-electron chi connectivity index (χ1n) is 5.06. The van der Waals surface area contributed by atoms with Crippen LogP contribution < -0.4 is 0 Å². The molecule has 2 rings (SSSR count). The zero-order chi connectivity index (χ0) is 13.1. The molecule has 0 spiro atoms. The van der Waals surface area contributed by atoms with Crippen molar-refractivity contribution in [1.82, 2.24) is 4.98 Å². The molecule has 0 atom stereocenters. The molecule has 0 saturated heterocycles. The maximum absolute atomic E-state index is 13.4. The molecule has 2 N–H and O–H groups in total. The van der Waals surface area contributed by atoms with Crippen LogP contribution in [0.4, 0.5) is 10.1 Å². The fourth-order valence-corrected chi connectivity index (χ4v) is 1.51. The van der Waals surface area contributed by atoms with Crippen molar-refractivity contribution in [3.63, 3.8) is 0 Å². The number of nitrogens with zero attached hydrogens (tertiary/aromatic N) is 2. The topological polar surface area (TPSA) is 87.0 Å². The van der Waals surface area contributed by atoms with Crippen molar-refractivity contribution in [3.8, 4) is 5.88 Å². The number of rotatable bonds is 3. The van der Waals surface area contributed by atoms with E-state index in [9.17, 15) is 14.3 Å². The van der Waals surface area contributed by atoms with E-state index in [0.29, 0.717) is 5.39 Å². The minimum absolute atomic E-state index is 0.0222. The highest BCUT2D eigenvalue weighted by Crippen LogP contribution is 2.36. The second-order valence-corrected chi connectivity index (χ2v) is 3.51. The first-order valence-corrected chi connectivity index (χ1v) is 5.06. The summed E-state index contributed by atoms with van der Waals surface area (Å²) in [6.07, 6.45) is 0. The van der Waals surface area contributed by atoms with Crippen LogP contribution in [-0.4, -0.2) is 29.7 Å². The molecule has 1 aromatic carbocycles. The molecule has 6 nitrogen and oxygen atoms in total. The Hall–Kier alpha value is -2.28. The number of hydrogen-bond acceptors (Lipinski definition) is 4. The van der Waals surface area contributed by atoms with Crippen molar-refractivity contribution in [2.75, 3.05) is 13.7 Å². The van der Waals surface area contributed by atoms with Gasteiger partial charge in [-0.2, -0.15) is 0 Å². The van der Waals surface area contributed by atoms with Gasteiger partial charge in [0.25, 0.3) is 5.91 Å². The number of ether oxygens (including phenoxy) is 1. The second kappa shape index (κ2) is 4.92. The van der Waals surface area contributed by atoms with Crippen LogP contribution in [0.25, 0.3) is 10.9 Å². The average Bonchev–Trinajstić information content (AvgIpc) is 2.65. The van der Waals surface area contributed by atoms with Crippen LogP contribution in [-0.2, 0) is 9.53 Å². The van der Waals surface area contributed by atoms with Gasteiger partial charge in [0.2, 0.25) is 5.88 Å². The van der Waals surface area contributed by atoms with Crippen LogP contribution in [0.1, 0.15) is 0 Å². The Morgan fingerprint density at radius 2 is 2.33 bits per heavy atom. The van der Waals surface area contributed by atoms with Crippen LogP contribution in [0.5, 0.6) is 5.88 Å². The Bertz CT molecular complexity index is 621. The molecule has 7 heteroatoms.